The van der Waals surface area contributed by atoms with Crippen LogP contribution in [0.3, 0.4) is 0 Å². The second kappa shape index (κ2) is 2.46. The quantitative estimate of drug-likeness (QED) is 0.509. The summed E-state index contributed by atoms with van der Waals surface area (Å²) in [5.74, 6) is 0.676. The van der Waals surface area contributed by atoms with E-state index in [0.29, 0.717) is 12.0 Å². The molecule has 0 bridgehead atoms. The van der Waals surface area contributed by atoms with Crippen LogP contribution in [0.5, 0.6) is 0 Å². The molecule has 1 radical (unpaired) electrons. The van der Waals surface area contributed by atoms with Crippen molar-refractivity contribution in [2.75, 3.05) is 13.1 Å². The van der Waals surface area contributed by atoms with E-state index in [2.05, 4.69) is 12.2 Å². The van der Waals surface area contributed by atoms with E-state index in [4.69, 9.17) is 5.73 Å². The molecule has 2 nitrogen and oxygen atoms in total. The molecule has 0 aromatic rings. The Bertz CT molecular complexity index is 64.9. The predicted molar refractivity (Wildman–Crippen MR) is 33.6 cm³/mol. The van der Waals surface area contributed by atoms with Gasteiger partial charge >= 0.3 is 0 Å². The highest BCUT2D eigenvalue weighted by Gasteiger charge is 2.18. The molecule has 1 rings (SSSR count). The Morgan fingerprint density at radius 1 is 1.75 bits per heavy atom. The van der Waals surface area contributed by atoms with E-state index in [1.807, 2.05) is 0 Å². The maximum absolute atomic E-state index is 5.64. The normalized spacial score (nSPS) is 33.0. The van der Waals surface area contributed by atoms with Gasteiger partial charge in [-0.3, -0.25) is 0 Å². The molecule has 0 aliphatic carbocycles. The van der Waals surface area contributed by atoms with E-state index < -0.39 is 0 Å². The summed E-state index contributed by atoms with van der Waals surface area (Å²) in [7, 11) is 0. The first-order chi connectivity index (χ1) is 3.80. The van der Waals surface area contributed by atoms with Crippen LogP contribution in [0.1, 0.15) is 13.3 Å². The third-order valence-electron chi connectivity index (χ3n) is 1.77. The van der Waals surface area contributed by atoms with Crippen LogP contribution in [0.4, 0.5) is 0 Å². The molecule has 0 saturated carbocycles. The molecule has 0 aromatic heterocycles. The Hall–Kier alpha value is -0.0800. The van der Waals surface area contributed by atoms with Gasteiger partial charge in [0.15, 0.2) is 0 Å². The lowest BCUT2D eigenvalue weighted by molar-refractivity contribution is 0.483. The highest BCUT2D eigenvalue weighted by Crippen LogP contribution is 2.10. The minimum Gasteiger partial charge on any atom is -0.328 e. The molecule has 47 valence electrons. The number of hydrogen-bond donors (Lipinski definition) is 1. The van der Waals surface area contributed by atoms with E-state index in [0.717, 1.165) is 13.1 Å². The molecule has 1 fully saturated rings. The summed E-state index contributed by atoms with van der Waals surface area (Å²) < 4.78 is 0. The van der Waals surface area contributed by atoms with E-state index in [1.54, 1.807) is 0 Å². The Balaban J connectivity index is 2.24. The molecule has 2 atom stereocenters. The molecule has 2 N–H and O–H groups in total. The topological polar surface area (TPSA) is 40.1 Å². The van der Waals surface area contributed by atoms with Crippen LogP contribution in [0.2, 0.25) is 0 Å². The van der Waals surface area contributed by atoms with E-state index in [-0.39, 0.29) is 0 Å². The van der Waals surface area contributed by atoms with Crippen LogP contribution in [0.25, 0.3) is 0 Å². The number of rotatable bonds is 1. The molecule has 0 amide bonds. The summed E-state index contributed by atoms with van der Waals surface area (Å²) in [5, 5.41) is 4.21. The van der Waals surface area contributed by atoms with Crippen LogP contribution in [-0.2, 0) is 0 Å². The van der Waals surface area contributed by atoms with Crippen molar-refractivity contribution in [3.8, 4) is 0 Å². The molecular weight excluding hydrogens is 100 g/mol. The monoisotopic (exact) mass is 113 g/mol. The molecule has 1 saturated heterocycles. The van der Waals surface area contributed by atoms with Crippen molar-refractivity contribution in [2.45, 2.75) is 19.4 Å². The summed E-state index contributed by atoms with van der Waals surface area (Å²) in [6.07, 6.45) is 1.21. The average molecular weight is 113 g/mol. The summed E-state index contributed by atoms with van der Waals surface area (Å²) in [6, 6.07) is 0.348. The fourth-order valence-electron chi connectivity index (χ4n) is 1.03. The third kappa shape index (κ3) is 1.20. The smallest absolute Gasteiger partial charge is 0.0176 e. The van der Waals surface area contributed by atoms with Gasteiger partial charge in [0, 0.05) is 19.1 Å². The van der Waals surface area contributed by atoms with Crippen molar-refractivity contribution in [2.24, 2.45) is 11.7 Å². The maximum Gasteiger partial charge on any atom is 0.0176 e. The minimum atomic E-state index is 0.348. The Labute approximate surface area is 50.4 Å². The standard InChI is InChI=1S/C6H13N2/c1-5(7)6-2-3-8-4-6/h5-6H,2-4,7H2,1H3. The maximum atomic E-state index is 5.64. The van der Waals surface area contributed by atoms with Gasteiger partial charge in [0.1, 0.15) is 0 Å². The van der Waals surface area contributed by atoms with E-state index in [9.17, 15) is 0 Å². The number of nitrogens with zero attached hydrogens (tertiary/aromatic N) is 1. The molecule has 1 aliphatic heterocycles. The van der Waals surface area contributed by atoms with E-state index >= 15 is 0 Å². The fraction of sp³-hybridized carbons (Fsp3) is 1.00. The van der Waals surface area contributed by atoms with Gasteiger partial charge in [0.2, 0.25) is 0 Å². The van der Waals surface area contributed by atoms with Crippen LogP contribution in [-0.4, -0.2) is 19.1 Å². The first-order valence-corrected chi connectivity index (χ1v) is 3.19. The minimum absolute atomic E-state index is 0.348. The summed E-state index contributed by atoms with van der Waals surface area (Å²) >= 11 is 0. The van der Waals surface area contributed by atoms with Gasteiger partial charge in [0.05, 0.1) is 0 Å². The fourth-order valence-corrected chi connectivity index (χ4v) is 1.03. The van der Waals surface area contributed by atoms with Gasteiger partial charge in [0.25, 0.3) is 0 Å². The second-order valence-electron chi connectivity index (χ2n) is 2.54. The molecule has 0 aromatic carbocycles. The first kappa shape index (κ1) is 6.05. The Morgan fingerprint density at radius 3 is 2.75 bits per heavy atom. The highest BCUT2D eigenvalue weighted by atomic mass is 14.9. The van der Waals surface area contributed by atoms with Crippen molar-refractivity contribution in [1.29, 1.82) is 0 Å². The number of nitrogens with two attached hydrogens (primary N) is 1. The molecule has 2 unspecified atom stereocenters. The van der Waals surface area contributed by atoms with Gasteiger partial charge in [-0.05, 0) is 19.3 Å². The van der Waals surface area contributed by atoms with Gasteiger partial charge in [-0.15, -0.1) is 0 Å². The van der Waals surface area contributed by atoms with Gasteiger partial charge in [-0.1, -0.05) is 0 Å². The van der Waals surface area contributed by atoms with Crippen molar-refractivity contribution in [3.63, 3.8) is 0 Å². The number of hydrogen-bond acceptors (Lipinski definition) is 1. The van der Waals surface area contributed by atoms with Crippen molar-refractivity contribution >= 4 is 0 Å². The van der Waals surface area contributed by atoms with Crippen molar-refractivity contribution < 1.29 is 0 Å². The molecule has 1 heterocycles. The van der Waals surface area contributed by atoms with Crippen molar-refractivity contribution in [3.05, 3.63) is 0 Å². The lowest BCUT2D eigenvalue weighted by atomic mass is 10.0. The van der Waals surface area contributed by atoms with Crippen molar-refractivity contribution in [1.82, 2.24) is 5.32 Å². The summed E-state index contributed by atoms with van der Waals surface area (Å²) in [4.78, 5) is 0. The molecule has 1 aliphatic rings. The molecule has 0 spiro atoms. The SMILES string of the molecule is CC(N)C1CC[N]C1. The Morgan fingerprint density at radius 2 is 2.50 bits per heavy atom. The average Bonchev–Trinajstić information content (AvgIpc) is 2.12. The van der Waals surface area contributed by atoms with Gasteiger partial charge in [-0.2, -0.15) is 0 Å². The Kier molecular flexibility index (Phi) is 1.86. The second-order valence-corrected chi connectivity index (χ2v) is 2.54. The largest absolute Gasteiger partial charge is 0.328 e. The zero-order chi connectivity index (χ0) is 5.98. The van der Waals surface area contributed by atoms with E-state index in [1.165, 1.54) is 6.42 Å². The predicted octanol–water partition coefficient (Wildman–Crippen LogP) is -0.0421. The molecular formula is C6H13N2. The van der Waals surface area contributed by atoms with Gasteiger partial charge in [-0.25, -0.2) is 5.32 Å². The summed E-state index contributed by atoms with van der Waals surface area (Å²) in [6.45, 7) is 4.09. The lowest BCUT2D eigenvalue weighted by Crippen LogP contribution is -2.27. The first-order valence-electron chi connectivity index (χ1n) is 3.19. The third-order valence-corrected chi connectivity index (χ3v) is 1.77. The lowest BCUT2D eigenvalue weighted by Gasteiger charge is -2.10. The van der Waals surface area contributed by atoms with Crippen LogP contribution in [0, 0.1) is 5.92 Å². The summed E-state index contributed by atoms with van der Waals surface area (Å²) in [5.41, 5.74) is 5.64. The van der Waals surface area contributed by atoms with Crippen LogP contribution >= 0.6 is 0 Å². The van der Waals surface area contributed by atoms with Crippen LogP contribution < -0.4 is 11.1 Å². The molecule has 8 heavy (non-hydrogen) atoms. The highest BCUT2D eigenvalue weighted by molar-refractivity contribution is 4.76. The van der Waals surface area contributed by atoms with Crippen LogP contribution in [0.15, 0.2) is 0 Å². The zero-order valence-electron chi connectivity index (χ0n) is 5.30. The van der Waals surface area contributed by atoms with Gasteiger partial charge < -0.3 is 5.73 Å². The molecule has 2 heteroatoms. The zero-order valence-corrected chi connectivity index (χ0v) is 5.30.